The van der Waals surface area contributed by atoms with Crippen LogP contribution in [0.4, 0.5) is 8.78 Å². The van der Waals surface area contributed by atoms with Crippen molar-refractivity contribution in [1.82, 2.24) is 15.2 Å². The predicted octanol–water partition coefficient (Wildman–Crippen LogP) is 4.39. The molecule has 5 nitrogen and oxygen atoms in total. The van der Waals surface area contributed by atoms with Crippen molar-refractivity contribution in [3.8, 4) is 11.3 Å². The normalized spacial score (nSPS) is 16.7. The number of oxazole rings is 1. The van der Waals surface area contributed by atoms with E-state index in [4.69, 9.17) is 4.42 Å². The maximum atomic E-state index is 13.8. The lowest BCUT2D eigenvalue weighted by molar-refractivity contribution is -0.132. The van der Waals surface area contributed by atoms with Gasteiger partial charge in [0.05, 0.1) is 11.8 Å². The first-order valence-electron chi connectivity index (χ1n) is 10.00. The highest BCUT2D eigenvalue weighted by Gasteiger charge is 2.26. The Balaban J connectivity index is 0.00000160. The molecule has 1 aromatic heterocycles. The molecule has 1 saturated heterocycles. The largest absolute Gasteiger partial charge is 0.441 e. The summed E-state index contributed by atoms with van der Waals surface area (Å²) in [6.07, 6.45) is 6.76. The number of nitrogens with zero attached hydrogens (tertiary/aromatic N) is 2. The molecule has 1 aromatic carbocycles. The van der Waals surface area contributed by atoms with Crippen molar-refractivity contribution in [2.24, 2.45) is 5.92 Å². The van der Waals surface area contributed by atoms with Crippen molar-refractivity contribution in [3.63, 3.8) is 0 Å². The lowest BCUT2D eigenvalue weighted by atomic mass is 10.0. The third-order valence-corrected chi connectivity index (χ3v) is 5.54. The Morgan fingerprint density at radius 3 is 2.57 bits per heavy atom. The van der Waals surface area contributed by atoms with Gasteiger partial charge in [-0.1, -0.05) is 0 Å². The van der Waals surface area contributed by atoms with Crippen molar-refractivity contribution >= 4 is 30.7 Å². The molecule has 1 saturated carbocycles. The van der Waals surface area contributed by atoms with Gasteiger partial charge in [-0.25, -0.2) is 13.8 Å². The van der Waals surface area contributed by atoms with Crippen molar-refractivity contribution < 1.29 is 18.0 Å². The molecule has 1 N–H and O–H groups in total. The van der Waals surface area contributed by atoms with Gasteiger partial charge in [-0.05, 0) is 50.3 Å². The summed E-state index contributed by atoms with van der Waals surface area (Å²) in [4.78, 5) is 18.5. The summed E-state index contributed by atoms with van der Waals surface area (Å²) in [7, 11) is 0. The van der Waals surface area contributed by atoms with Crippen molar-refractivity contribution in [2.75, 3.05) is 19.6 Å². The molecule has 30 heavy (non-hydrogen) atoms. The highest BCUT2D eigenvalue weighted by atomic mass is 35.5. The molecular formula is C21H27Cl2F2N3O2. The Bertz CT molecular complexity index is 837. The molecule has 0 radical (unpaired) electrons. The Hall–Kier alpha value is -1.70. The summed E-state index contributed by atoms with van der Waals surface area (Å²) in [5.41, 5.74) is 0.159. The number of amides is 1. The number of aryl methyl sites for hydroxylation is 1. The minimum atomic E-state index is -0.697. The van der Waals surface area contributed by atoms with Gasteiger partial charge in [0.15, 0.2) is 11.7 Å². The quantitative estimate of drug-likeness (QED) is 0.664. The van der Waals surface area contributed by atoms with Gasteiger partial charge in [0.25, 0.3) is 0 Å². The zero-order valence-electron chi connectivity index (χ0n) is 16.6. The SMILES string of the molecule is Cl.Cl.O=C(CCc1ncc(-c2ccc(F)cc2F)o1)N1CCC(NCC2CC2)CC1. The first kappa shape index (κ1) is 24.6. The van der Waals surface area contributed by atoms with Crippen LogP contribution in [0.1, 0.15) is 38.0 Å². The average molecular weight is 462 g/mol. The minimum Gasteiger partial charge on any atom is -0.441 e. The Morgan fingerprint density at radius 1 is 1.17 bits per heavy atom. The number of carbonyl (C=O) groups excluding carboxylic acids is 1. The molecule has 2 aromatic rings. The van der Waals surface area contributed by atoms with E-state index in [0.29, 0.717) is 24.8 Å². The zero-order valence-corrected chi connectivity index (χ0v) is 18.2. The molecule has 0 bridgehead atoms. The van der Waals surface area contributed by atoms with E-state index in [0.717, 1.165) is 44.5 Å². The van der Waals surface area contributed by atoms with Crippen LogP contribution < -0.4 is 5.32 Å². The van der Waals surface area contributed by atoms with Crippen LogP contribution >= 0.6 is 24.8 Å². The molecule has 2 aliphatic rings. The number of rotatable bonds is 7. The number of halogens is 4. The fraction of sp³-hybridized carbons (Fsp3) is 0.524. The number of carbonyl (C=O) groups is 1. The molecular weight excluding hydrogens is 435 g/mol. The summed E-state index contributed by atoms with van der Waals surface area (Å²) in [6, 6.07) is 3.82. The third-order valence-electron chi connectivity index (χ3n) is 5.54. The topological polar surface area (TPSA) is 58.4 Å². The van der Waals surface area contributed by atoms with Crippen LogP contribution in [0.2, 0.25) is 0 Å². The van der Waals surface area contributed by atoms with Gasteiger partial charge in [-0.2, -0.15) is 0 Å². The first-order chi connectivity index (χ1) is 13.6. The minimum absolute atomic E-state index is 0. The van der Waals surface area contributed by atoms with Gasteiger partial charge < -0.3 is 14.6 Å². The zero-order chi connectivity index (χ0) is 19.5. The Kier molecular flexibility index (Phi) is 9.07. The van der Waals surface area contributed by atoms with Gasteiger partial charge in [0.2, 0.25) is 5.91 Å². The molecule has 0 atom stereocenters. The Morgan fingerprint density at radius 2 is 1.90 bits per heavy atom. The van der Waals surface area contributed by atoms with Crippen molar-refractivity contribution in [2.45, 2.75) is 44.6 Å². The second kappa shape index (κ2) is 11.1. The lowest BCUT2D eigenvalue weighted by Crippen LogP contribution is -2.45. The molecule has 4 rings (SSSR count). The molecule has 2 heterocycles. The van der Waals surface area contributed by atoms with Gasteiger partial charge >= 0.3 is 0 Å². The summed E-state index contributed by atoms with van der Waals surface area (Å²) in [5, 5.41) is 3.61. The van der Waals surface area contributed by atoms with Crippen LogP contribution in [0.5, 0.6) is 0 Å². The number of likely N-dealkylation sites (tertiary alicyclic amines) is 1. The van der Waals surface area contributed by atoms with E-state index in [9.17, 15) is 13.6 Å². The summed E-state index contributed by atoms with van der Waals surface area (Å²) in [5.74, 6) is 0.243. The van der Waals surface area contributed by atoms with E-state index in [1.54, 1.807) is 0 Å². The van der Waals surface area contributed by atoms with E-state index in [-0.39, 0.29) is 42.0 Å². The van der Waals surface area contributed by atoms with Crippen LogP contribution in [-0.4, -0.2) is 41.5 Å². The molecule has 1 aliphatic heterocycles. The van der Waals surface area contributed by atoms with Crippen LogP contribution in [-0.2, 0) is 11.2 Å². The highest BCUT2D eigenvalue weighted by Crippen LogP contribution is 2.28. The molecule has 166 valence electrons. The molecule has 0 spiro atoms. The molecule has 2 fully saturated rings. The van der Waals surface area contributed by atoms with Crippen LogP contribution in [0, 0.1) is 17.6 Å². The number of hydrogen-bond donors (Lipinski definition) is 1. The van der Waals surface area contributed by atoms with Gasteiger partial charge in [0.1, 0.15) is 11.6 Å². The fourth-order valence-electron chi connectivity index (χ4n) is 3.60. The van der Waals surface area contributed by atoms with E-state index < -0.39 is 11.6 Å². The summed E-state index contributed by atoms with van der Waals surface area (Å²) in [6.45, 7) is 2.66. The van der Waals surface area contributed by atoms with Crippen LogP contribution in [0.25, 0.3) is 11.3 Å². The van der Waals surface area contributed by atoms with E-state index in [1.807, 2.05) is 4.90 Å². The van der Waals surface area contributed by atoms with Crippen molar-refractivity contribution in [1.29, 1.82) is 0 Å². The number of benzene rings is 1. The van der Waals surface area contributed by atoms with Crippen LogP contribution in [0.3, 0.4) is 0 Å². The fourth-order valence-corrected chi connectivity index (χ4v) is 3.60. The smallest absolute Gasteiger partial charge is 0.223 e. The standard InChI is InChI=1S/C21H25F2N3O2.2ClH/c22-15-3-4-17(18(23)11-15)19-13-25-20(28-19)5-6-21(27)26-9-7-16(8-10-26)24-12-14-1-2-14;;/h3-4,11,13-14,16,24H,1-2,5-10,12H2;2*1H. The maximum absolute atomic E-state index is 13.8. The molecule has 9 heteroatoms. The van der Waals surface area contributed by atoms with Gasteiger partial charge in [-0.3, -0.25) is 4.79 Å². The molecule has 1 aliphatic carbocycles. The second-order valence-electron chi connectivity index (χ2n) is 7.75. The summed E-state index contributed by atoms with van der Waals surface area (Å²) >= 11 is 0. The van der Waals surface area contributed by atoms with E-state index in [2.05, 4.69) is 10.3 Å². The monoisotopic (exact) mass is 461 g/mol. The lowest BCUT2D eigenvalue weighted by Gasteiger charge is -2.32. The number of piperidine rings is 1. The average Bonchev–Trinajstić information content (AvgIpc) is 3.41. The van der Waals surface area contributed by atoms with Gasteiger partial charge in [0, 0.05) is 38.0 Å². The number of aromatic nitrogens is 1. The summed E-state index contributed by atoms with van der Waals surface area (Å²) < 4.78 is 32.4. The Labute approximate surface area is 187 Å². The molecule has 0 unspecified atom stereocenters. The van der Waals surface area contributed by atoms with E-state index in [1.165, 1.54) is 31.2 Å². The third kappa shape index (κ3) is 6.40. The van der Waals surface area contributed by atoms with Crippen molar-refractivity contribution in [3.05, 3.63) is 41.9 Å². The molecule has 1 amide bonds. The number of nitrogens with one attached hydrogen (secondary N) is 1. The second-order valence-corrected chi connectivity index (χ2v) is 7.75. The van der Waals surface area contributed by atoms with Gasteiger partial charge in [-0.15, -0.1) is 24.8 Å². The first-order valence-corrected chi connectivity index (χ1v) is 10.00. The maximum Gasteiger partial charge on any atom is 0.223 e. The highest BCUT2D eigenvalue weighted by molar-refractivity contribution is 5.85. The predicted molar refractivity (Wildman–Crippen MR) is 115 cm³/mol. The van der Waals surface area contributed by atoms with Crippen LogP contribution in [0.15, 0.2) is 28.8 Å². The van der Waals surface area contributed by atoms with E-state index >= 15 is 0 Å². The number of hydrogen-bond acceptors (Lipinski definition) is 4.